The van der Waals surface area contributed by atoms with Gasteiger partial charge < -0.3 is 5.11 Å². The molecule has 1 N–H and O–H groups in total. The lowest BCUT2D eigenvalue weighted by Crippen LogP contribution is -2.03. The molecule has 4 nitrogen and oxygen atoms in total. The van der Waals surface area contributed by atoms with Gasteiger partial charge >= 0.3 is 5.97 Å². The van der Waals surface area contributed by atoms with E-state index in [1.807, 2.05) is 24.3 Å². The van der Waals surface area contributed by atoms with Crippen molar-refractivity contribution in [3.05, 3.63) is 46.7 Å². The molecule has 0 aliphatic heterocycles. The summed E-state index contributed by atoms with van der Waals surface area (Å²) >= 11 is 5.81. The van der Waals surface area contributed by atoms with Gasteiger partial charge in [-0.15, -0.1) is 0 Å². The Bertz CT molecular complexity index is 609. The summed E-state index contributed by atoms with van der Waals surface area (Å²) in [5, 5.41) is 9.07. The summed E-state index contributed by atoms with van der Waals surface area (Å²) in [6.07, 6.45) is 0. The molecule has 0 amide bonds. The largest absolute Gasteiger partial charge is 0.477 e. The first kappa shape index (κ1) is 13.5. The highest BCUT2D eigenvalue weighted by molar-refractivity contribution is 6.29. The molecule has 1 aromatic carbocycles. The van der Waals surface area contributed by atoms with Crippen molar-refractivity contribution in [2.24, 2.45) is 0 Å². The fraction of sp³-hybridized carbons (Fsp3) is 0.214. The van der Waals surface area contributed by atoms with Gasteiger partial charge in [0.25, 0.3) is 0 Å². The molecule has 0 radical (unpaired) electrons. The molecule has 2 aromatic rings. The normalized spacial score (nSPS) is 10.7. The number of aromatic carboxylic acids is 1. The number of rotatable bonds is 3. The predicted octanol–water partition coefficient (Wildman–Crippen LogP) is 3.62. The van der Waals surface area contributed by atoms with E-state index in [4.69, 9.17) is 16.7 Å². The van der Waals surface area contributed by atoms with Crippen LogP contribution in [0.2, 0.25) is 5.15 Å². The molecule has 0 spiro atoms. The Labute approximate surface area is 116 Å². The van der Waals surface area contributed by atoms with Crippen LogP contribution in [0.4, 0.5) is 0 Å². The Morgan fingerprint density at radius 3 is 2.37 bits per heavy atom. The van der Waals surface area contributed by atoms with E-state index in [0.29, 0.717) is 11.7 Å². The Kier molecular flexibility index (Phi) is 3.81. The smallest absolute Gasteiger partial charge is 0.354 e. The molecule has 0 saturated heterocycles. The number of aromatic nitrogens is 2. The number of carbonyl (C=O) groups is 1. The van der Waals surface area contributed by atoms with Gasteiger partial charge in [0.2, 0.25) is 0 Å². The second kappa shape index (κ2) is 5.36. The van der Waals surface area contributed by atoms with Crippen LogP contribution in [0.15, 0.2) is 30.3 Å². The standard InChI is InChI=1S/C14H13ClN2O2/c1-8(2)9-3-5-10(6-4-9)13-16-11(14(18)19)7-12(15)17-13/h3-8H,1-2H3,(H,18,19). The molecule has 2 rings (SSSR count). The van der Waals surface area contributed by atoms with Crippen LogP contribution in [0.25, 0.3) is 11.4 Å². The topological polar surface area (TPSA) is 63.1 Å². The number of halogens is 1. The molecule has 0 bridgehead atoms. The van der Waals surface area contributed by atoms with E-state index >= 15 is 0 Å². The number of hydrogen-bond acceptors (Lipinski definition) is 3. The minimum atomic E-state index is -1.12. The van der Waals surface area contributed by atoms with Crippen molar-refractivity contribution in [3.63, 3.8) is 0 Å². The van der Waals surface area contributed by atoms with Crippen LogP contribution >= 0.6 is 11.6 Å². The average Bonchev–Trinajstić information content (AvgIpc) is 2.38. The van der Waals surface area contributed by atoms with Gasteiger partial charge in [-0.3, -0.25) is 0 Å². The van der Waals surface area contributed by atoms with Crippen LogP contribution in [0.1, 0.15) is 35.8 Å². The van der Waals surface area contributed by atoms with Gasteiger partial charge in [-0.05, 0) is 11.5 Å². The Morgan fingerprint density at radius 1 is 1.21 bits per heavy atom. The minimum Gasteiger partial charge on any atom is -0.477 e. The number of carboxylic acid groups (broad SMARTS) is 1. The lowest BCUT2D eigenvalue weighted by molar-refractivity contribution is 0.0690. The van der Waals surface area contributed by atoms with Crippen molar-refractivity contribution in [1.29, 1.82) is 0 Å². The molecular formula is C14H13ClN2O2. The molecule has 0 saturated carbocycles. The molecule has 5 heteroatoms. The maximum atomic E-state index is 10.9. The average molecular weight is 277 g/mol. The summed E-state index contributed by atoms with van der Waals surface area (Å²) in [5.41, 5.74) is 1.83. The van der Waals surface area contributed by atoms with Crippen molar-refractivity contribution in [2.75, 3.05) is 0 Å². The first-order chi connectivity index (χ1) is 8.97. The minimum absolute atomic E-state index is 0.108. The molecule has 1 heterocycles. The Hall–Kier alpha value is -1.94. The van der Waals surface area contributed by atoms with Crippen molar-refractivity contribution < 1.29 is 9.90 Å². The van der Waals surface area contributed by atoms with Crippen LogP contribution in [0, 0.1) is 0 Å². The van der Waals surface area contributed by atoms with E-state index in [2.05, 4.69) is 23.8 Å². The third-order valence-corrected chi connectivity index (χ3v) is 2.94. The first-order valence-corrected chi connectivity index (χ1v) is 6.23. The third kappa shape index (κ3) is 3.09. The summed E-state index contributed by atoms with van der Waals surface area (Å²) in [6, 6.07) is 8.92. The van der Waals surface area contributed by atoms with Crippen LogP contribution < -0.4 is 0 Å². The summed E-state index contributed by atoms with van der Waals surface area (Å²) in [7, 11) is 0. The Morgan fingerprint density at radius 2 is 1.84 bits per heavy atom. The maximum Gasteiger partial charge on any atom is 0.354 e. The van der Waals surface area contributed by atoms with E-state index < -0.39 is 5.97 Å². The van der Waals surface area contributed by atoms with E-state index in [1.165, 1.54) is 11.6 Å². The first-order valence-electron chi connectivity index (χ1n) is 5.85. The fourth-order valence-corrected chi connectivity index (χ4v) is 1.86. The quantitative estimate of drug-likeness (QED) is 0.870. The van der Waals surface area contributed by atoms with Crippen LogP contribution in [0.5, 0.6) is 0 Å². The van der Waals surface area contributed by atoms with E-state index in [0.717, 1.165) is 5.56 Å². The number of nitrogens with zero attached hydrogens (tertiary/aromatic N) is 2. The Balaban J connectivity index is 2.43. The van der Waals surface area contributed by atoms with Crippen molar-refractivity contribution in [1.82, 2.24) is 9.97 Å². The van der Waals surface area contributed by atoms with Crippen molar-refractivity contribution in [3.8, 4) is 11.4 Å². The second-order valence-corrected chi connectivity index (χ2v) is 4.87. The molecule has 0 atom stereocenters. The van der Waals surface area contributed by atoms with Gasteiger partial charge in [-0.1, -0.05) is 49.7 Å². The highest BCUT2D eigenvalue weighted by atomic mass is 35.5. The van der Waals surface area contributed by atoms with Gasteiger partial charge in [-0.25, -0.2) is 14.8 Å². The predicted molar refractivity (Wildman–Crippen MR) is 73.5 cm³/mol. The molecular weight excluding hydrogens is 264 g/mol. The zero-order chi connectivity index (χ0) is 14.0. The molecule has 0 aliphatic rings. The molecule has 1 aromatic heterocycles. The monoisotopic (exact) mass is 276 g/mol. The lowest BCUT2D eigenvalue weighted by atomic mass is 10.0. The van der Waals surface area contributed by atoms with Crippen molar-refractivity contribution in [2.45, 2.75) is 19.8 Å². The highest BCUT2D eigenvalue weighted by Crippen LogP contribution is 2.21. The third-order valence-electron chi connectivity index (χ3n) is 2.75. The number of hydrogen-bond donors (Lipinski definition) is 1. The van der Waals surface area contributed by atoms with Gasteiger partial charge in [0.1, 0.15) is 5.15 Å². The van der Waals surface area contributed by atoms with E-state index in [9.17, 15) is 4.79 Å². The van der Waals surface area contributed by atoms with Gasteiger partial charge in [0, 0.05) is 11.6 Å². The molecule has 0 fully saturated rings. The number of carboxylic acids is 1. The molecule has 0 unspecified atom stereocenters. The molecule has 98 valence electrons. The SMILES string of the molecule is CC(C)c1ccc(-c2nc(Cl)cc(C(=O)O)n2)cc1. The summed E-state index contributed by atoms with van der Waals surface area (Å²) < 4.78 is 0. The van der Waals surface area contributed by atoms with Gasteiger partial charge in [-0.2, -0.15) is 0 Å². The zero-order valence-electron chi connectivity index (χ0n) is 10.6. The molecule has 0 aliphatic carbocycles. The maximum absolute atomic E-state index is 10.9. The zero-order valence-corrected chi connectivity index (χ0v) is 11.3. The van der Waals surface area contributed by atoms with Crippen LogP contribution in [-0.4, -0.2) is 21.0 Å². The molecule has 19 heavy (non-hydrogen) atoms. The van der Waals surface area contributed by atoms with E-state index in [-0.39, 0.29) is 10.8 Å². The van der Waals surface area contributed by atoms with Gasteiger partial charge in [0.05, 0.1) is 0 Å². The summed E-state index contributed by atoms with van der Waals surface area (Å²) in [4.78, 5) is 19.0. The fourth-order valence-electron chi connectivity index (χ4n) is 1.67. The summed E-state index contributed by atoms with van der Waals surface area (Å²) in [6.45, 7) is 4.21. The van der Waals surface area contributed by atoms with E-state index in [1.54, 1.807) is 0 Å². The van der Waals surface area contributed by atoms with Crippen LogP contribution in [0.3, 0.4) is 0 Å². The number of benzene rings is 1. The second-order valence-electron chi connectivity index (χ2n) is 4.48. The van der Waals surface area contributed by atoms with Crippen LogP contribution in [-0.2, 0) is 0 Å². The summed E-state index contributed by atoms with van der Waals surface area (Å²) in [5.74, 6) is -0.367. The highest BCUT2D eigenvalue weighted by Gasteiger charge is 2.11. The lowest BCUT2D eigenvalue weighted by Gasteiger charge is -2.07. The van der Waals surface area contributed by atoms with Gasteiger partial charge in [0.15, 0.2) is 11.5 Å². The van der Waals surface area contributed by atoms with Crippen molar-refractivity contribution >= 4 is 17.6 Å².